The summed E-state index contributed by atoms with van der Waals surface area (Å²) >= 11 is 0. The van der Waals surface area contributed by atoms with Crippen molar-refractivity contribution >= 4 is 27.3 Å². The first-order valence-electron chi connectivity index (χ1n) is 7.90. The fraction of sp³-hybridized carbons (Fsp3) is 0.500. The van der Waals surface area contributed by atoms with Gasteiger partial charge in [-0.1, -0.05) is 0 Å². The Hall–Kier alpha value is -1.89. The lowest BCUT2D eigenvalue weighted by Gasteiger charge is -2.25. The van der Waals surface area contributed by atoms with Crippen LogP contribution in [0.25, 0.3) is 0 Å². The number of carbonyl (C=O) groups excluding carboxylic acids is 2. The number of carbonyl (C=O) groups is 2. The molecule has 0 aliphatic carbocycles. The van der Waals surface area contributed by atoms with Crippen LogP contribution >= 0.6 is 0 Å². The van der Waals surface area contributed by atoms with Gasteiger partial charge < -0.3 is 10.2 Å². The Balaban J connectivity index is 1.59. The molecule has 0 spiro atoms. The molecule has 1 atom stereocenters. The number of amides is 2. The number of benzene rings is 1. The molecular formula is C16H18N2O4S. The van der Waals surface area contributed by atoms with Crippen molar-refractivity contribution in [2.75, 3.05) is 23.0 Å². The molecule has 7 heteroatoms. The van der Waals surface area contributed by atoms with Crippen molar-refractivity contribution in [1.82, 2.24) is 5.32 Å². The molecule has 1 unspecified atom stereocenters. The van der Waals surface area contributed by atoms with E-state index in [1.54, 1.807) is 0 Å². The normalized spacial score (nSPS) is 24.6. The van der Waals surface area contributed by atoms with Crippen LogP contribution < -0.4 is 10.2 Å². The van der Waals surface area contributed by atoms with E-state index in [0.29, 0.717) is 31.4 Å². The van der Waals surface area contributed by atoms with Gasteiger partial charge in [0.1, 0.15) is 0 Å². The number of hydrogen-bond donors (Lipinski definition) is 1. The summed E-state index contributed by atoms with van der Waals surface area (Å²) in [4.78, 5) is 26.2. The molecule has 1 N–H and O–H groups in total. The summed E-state index contributed by atoms with van der Waals surface area (Å²) in [6, 6.07) is 3.40. The highest BCUT2D eigenvalue weighted by molar-refractivity contribution is 7.91. The van der Waals surface area contributed by atoms with Gasteiger partial charge in [-0.15, -0.1) is 0 Å². The maximum absolute atomic E-state index is 12.5. The number of nitrogens with zero attached hydrogens (tertiary/aromatic N) is 1. The number of rotatable bonds is 2. The van der Waals surface area contributed by atoms with Gasteiger partial charge in [-0.2, -0.15) is 0 Å². The van der Waals surface area contributed by atoms with E-state index in [1.165, 1.54) is 0 Å². The Bertz CT molecular complexity index is 816. The van der Waals surface area contributed by atoms with Crippen LogP contribution in [0.4, 0.5) is 5.69 Å². The monoisotopic (exact) mass is 334 g/mol. The summed E-state index contributed by atoms with van der Waals surface area (Å²) in [6.45, 7) is 0.688. The summed E-state index contributed by atoms with van der Waals surface area (Å²) in [6.07, 6.45) is 2.40. The van der Waals surface area contributed by atoms with Gasteiger partial charge in [0.25, 0.3) is 5.91 Å². The lowest BCUT2D eigenvalue weighted by atomic mass is 9.96. The van der Waals surface area contributed by atoms with Gasteiger partial charge in [0.2, 0.25) is 5.91 Å². The predicted molar refractivity (Wildman–Crippen MR) is 85.3 cm³/mol. The third-order valence-corrected chi connectivity index (χ3v) is 6.65. The fourth-order valence-corrected chi connectivity index (χ4v) is 5.44. The third-order valence-electron chi connectivity index (χ3n) is 4.88. The maximum atomic E-state index is 12.5. The minimum atomic E-state index is -3.01. The van der Waals surface area contributed by atoms with E-state index in [-0.39, 0.29) is 29.4 Å². The molecule has 1 aromatic carbocycles. The summed E-state index contributed by atoms with van der Waals surface area (Å²) < 4.78 is 23.0. The Morgan fingerprint density at radius 3 is 2.61 bits per heavy atom. The Labute approximate surface area is 134 Å². The largest absolute Gasteiger partial charge is 0.348 e. The highest BCUT2D eigenvalue weighted by atomic mass is 32.2. The van der Waals surface area contributed by atoms with Crippen molar-refractivity contribution in [3.63, 3.8) is 0 Å². The van der Waals surface area contributed by atoms with Crippen LogP contribution in [0.2, 0.25) is 0 Å². The number of sulfone groups is 1. The molecular weight excluding hydrogens is 316 g/mol. The van der Waals surface area contributed by atoms with E-state index < -0.39 is 9.84 Å². The maximum Gasteiger partial charge on any atom is 0.251 e. The highest BCUT2D eigenvalue weighted by Crippen LogP contribution is 2.37. The van der Waals surface area contributed by atoms with Gasteiger partial charge in [0.05, 0.1) is 17.2 Å². The minimum absolute atomic E-state index is 0.0266. The first-order valence-corrected chi connectivity index (χ1v) is 9.72. The zero-order valence-electron chi connectivity index (χ0n) is 12.7. The van der Waals surface area contributed by atoms with Gasteiger partial charge in [0.15, 0.2) is 9.84 Å². The Morgan fingerprint density at radius 1 is 1.17 bits per heavy atom. The van der Waals surface area contributed by atoms with E-state index in [9.17, 15) is 18.0 Å². The van der Waals surface area contributed by atoms with Crippen molar-refractivity contribution in [3.8, 4) is 0 Å². The third kappa shape index (κ3) is 2.52. The molecule has 3 aliphatic heterocycles. The van der Waals surface area contributed by atoms with Crippen LogP contribution in [-0.4, -0.2) is 44.3 Å². The van der Waals surface area contributed by atoms with E-state index in [2.05, 4.69) is 5.32 Å². The molecule has 0 aromatic heterocycles. The molecule has 3 aliphatic rings. The van der Waals surface area contributed by atoms with Gasteiger partial charge in [-0.3, -0.25) is 9.59 Å². The van der Waals surface area contributed by atoms with E-state index in [1.807, 2.05) is 17.0 Å². The van der Waals surface area contributed by atoms with Gasteiger partial charge >= 0.3 is 0 Å². The topological polar surface area (TPSA) is 83.6 Å². The van der Waals surface area contributed by atoms with E-state index >= 15 is 0 Å². The van der Waals surface area contributed by atoms with E-state index in [4.69, 9.17) is 0 Å². The van der Waals surface area contributed by atoms with Crippen molar-refractivity contribution < 1.29 is 18.0 Å². The van der Waals surface area contributed by atoms with Crippen molar-refractivity contribution in [2.24, 2.45) is 0 Å². The first kappa shape index (κ1) is 14.7. The quantitative estimate of drug-likeness (QED) is 0.851. The van der Waals surface area contributed by atoms with Gasteiger partial charge in [-0.25, -0.2) is 8.42 Å². The van der Waals surface area contributed by atoms with Crippen LogP contribution in [0.5, 0.6) is 0 Å². The average Bonchev–Trinajstić information content (AvgIpc) is 3.07. The average molecular weight is 334 g/mol. The molecule has 4 rings (SSSR count). The summed E-state index contributed by atoms with van der Waals surface area (Å²) in [5.41, 5.74) is 3.64. The van der Waals surface area contributed by atoms with Crippen LogP contribution in [0.15, 0.2) is 12.1 Å². The van der Waals surface area contributed by atoms with Gasteiger partial charge in [0, 0.05) is 24.6 Å². The fourth-order valence-electron chi connectivity index (χ4n) is 3.77. The molecule has 6 nitrogen and oxygen atoms in total. The summed E-state index contributed by atoms with van der Waals surface area (Å²) in [5, 5.41) is 2.83. The van der Waals surface area contributed by atoms with Crippen LogP contribution in [0, 0.1) is 0 Å². The summed E-state index contributed by atoms with van der Waals surface area (Å²) in [5.74, 6) is 0.106. The number of aryl methyl sites for hydroxylation is 1. The Kier molecular flexibility index (Phi) is 3.23. The highest BCUT2D eigenvalue weighted by Gasteiger charge is 2.33. The number of nitrogens with one attached hydrogen (secondary N) is 1. The molecule has 1 fully saturated rings. The molecule has 1 aromatic rings. The van der Waals surface area contributed by atoms with E-state index in [0.717, 1.165) is 23.2 Å². The van der Waals surface area contributed by atoms with Crippen LogP contribution in [0.1, 0.15) is 34.3 Å². The first-order chi connectivity index (χ1) is 10.9. The van der Waals surface area contributed by atoms with Crippen LogP contribution in [0.3, 0.4) is 0 Å². The molecule has 0 saturated carbocycles. The SMILES string of the molecule is O=C(NC1CCS(=O)(=O)C1)c1cc2c3c(c1)CCN3C(=O)CC2. The van der Waals surface area contributed by atoms with Crippen molar-refractivity contribution in [1.29, 1.82) is 0 Å². The molecule has 0 bridgehead atoms. The second kappa shape index (κ2) is 5.06. The molecule has 0 radical (unpaired) electrons. The zero-order valence-corrected chi connectivity index (χ0v) is 13.5. The van der Waals surface area contributed by atoms with Crippen molar-refractivity contribution in [2.45, 2.75) is 31.7 Å². The summed E-state index contributed by atoms with van der Waals surface area (Å²) in [7, 11) is -3.01. The number of hydrogen-bond acceptors (Lipinski definition) is 4. The molecule has 2 amide bonds. The lowest BCUT2D eigenvalue weighted by molar-refractivity contribution is -0.118. The lowest BCUT2D eigenvalue weighted by Crippen LogP contribution is -2.36. The van der Waals surface area contributed by atoms with Crippen LogP contribution in [-0.2, 0) is 27.5 Å². The second-order valence-corrected chi connectivity index (χ2v) is 8.74. The van der Waals surface area contributed by atoms with Gasteiger partial charge in [-0.05, 0) is 42.5 Å². The molecule has 23 heavy (non-hydrogen) atoms. The smallest absolute Gasteiger partial charge is 0.251 e. The minimum Gasteiger partial charge on any atom is -0.348 e. The van der Waals surface area contributed by atoms with Crippen molar-refractivity contribution in [3.05, 3.63) is 28.8 Å². The Morgan fingerprint density at radius 2 is 1.91 bits per heavy atom. The predicted octanol–water partition coefficient (Wildman–Crippen LogP) is 0.439. The molecule has 1 saturated heterocycles. The zero-order chi connectivity index (χ0) is 16.2. The number of anilines is 1. The standard InChI is InChI=1S/C16H18N2O4S/c19-14-2-1-10-7-12(8-11-3-5-18(14)15(10)11)16(20)17-13-4-6-23(21,22)9-13/h7-8,13H,1-6,9H2,(H,17,20). The molecule has 3 heterocycles. The second-order valence-electron chi connectivity index (χ2n) is 6.51. The molecule has 122 valence electrons.